The van der Waals surface area contributed by atoms with Crippen LogP contribution in [-0.2, 0) is 16.0 Å². The third-order valence-electron chi connectivity index (χ3n) is 5.69. The molecular formula is C24H25FN2O3. The van der Waals surface area contributed by atoms with Crippen molar-refractivity contribution >= 4 is 11.7 Å². The van der Waals surface area contributed by atoms with Crippen LogP contribution in [0.1, 0.15) is 43.0 Å². The molecule has 0 fully saturated rings. The van der Waals surface area contributed by atoms with E-state index in [1.54, 1.807) is 26.2 Å². The van der Waals surface area contributed by atoms with Crippen molar-refractivity contribution in [2.24, 2.45) is 11.0 Å². The molecule has 2 atom stereocenters. The van der Waals surface area contributed by atoms with Gasteiger partial charge in [-0.1, -0.05) is 12.1 Å². The summed E-state index contributed by atoms with van der Waals surface area (Å²) in [6.07, 6.45) is 3.21. The molecule has 0 saturated heterocycles. The molecule has 1 aliphatic carbocycles. The van der Waals surface area contributed by atoms with Gasteiger partial charge in [-0.15, -0.1) is 0 Å². The number of hydrogen-bond acceptors (Lipinski definition) is 5. The Labute approximate surface area is 175 Å². The van der Waals surface area contributed by atoms with Crippen LogP contribution in [0.3, 0.4) is 0 Å². The van der Waals surface area contributed by atoms with E-state index in [0.717, 1.165) is 35.4 Å². The van der Waals surface area contributed by atoms with E-state index < -0.39 is 5.97 Å². The molecular weight excluding hydrogens is 383 g/mol. The standard InChI is InChI=1S/C24H25FN2O3/c1-4-30-22(28)12-15(2)27-24(17-6-5-7-18(25)13-17)21-10-8-16-14-19(29-3)9-11-20(16)23(21)26-27/h5-7,9,11-14,21,24H,4,8,10H2,1-3H3/b15-12+/t21-,24+/m1/s1. The normalized spacial score (nSPS) is 20.3. The second-order valence-electron chi connectivity index (χ2n) is 7.54. The molecule has 5 nitrogen and oxygen atoms in total. The first kappa shape index (κ1) is 20.1. The second kappa shape index (κ2) is 8.30. The van der Waals surface area contributed by atoms with Crippen molar-refractivity contribution in [1.29, 1.82) is 0 Å². The minimum atomic E-state index is -0.409. The Morgan fingerprint density at radius 1 is 1.30 bits per heavy atom. The van der Waals surface area contributed by atoms with E-state index >= 15 is 0 Å². The molecule has 0 radical (unpaired) electrons. The van der Waals surface area contributed by atoms with Crippen LogP contribution in [0.5, 0.6) is 5.75 Å². The van der Waals surface area contributed by atoms with Gasteiger partial charge in [0.15, 0.2) is 0 Å². The number of hydrazone groups is 1. The van der Waals surface area contributed by atoms with Crippen LogP contribution in [0.25, 0.3) is 0 Å². The fourth-order valence-corrected chi connectivity index (χ4v) is 4.37. The SMILES string of the molecule is CCOC(=O)/C=C(\C)N1N=C2c3ccc(OC)cc3CC[C@H]2[C@@H]1c1cccc(F)c1. The predicted molar refractivity (Wildman–Crippen MR) is 113 cm³/mol. The summed E-state index contributed by atoms with van der Waals surface area (Å²) in [4.78, 5) is 12.0. The Morgan fingerprint density at radius 2 is 2.13 bits per heavy atom. The van der Waals surface area contributed by atoms with E-state index in [-0.39, 0.29) is 17.8 Å². The van der Waals surface area contributed by atoms with Crippen molar-refractivity contribution in [2.75, 3.05) is 13.7 Å². The highest BCUT2D eigenvalue weighted by molar-refractivity contribution is 6.06. The van der Waals surface area contributed by atoms with E-state index in [9.17, 15) is 9.18 Å². The summed E-state index contributed by atoms with van der Waals surface area (Å²) in [5, 5.41) is 6.76. The number of hydrogen-bond donors (Lipinski definition) is 0. The van der Waals surface area contributed by atoms with Crippen LogP contribution < -0.4 is 4.74 Å². The van der Waals surface area contributed by atoms with Crippen molar-refractivity contribution < 1.29 is 18.7 Å². The molecule has 6 heteroatoms. The minimum Gasteiger partial charge on any atom is -0.497 e. The lowest BCUT2D eigenvalue weighted by Gasteiger charge is -2.31. The lowest BCUT2D eigenvalue weighted by atomic mass is 9.77. The van der Waals surface area contributed by atoms with Crippen molar-refractivity contribution in [2.45, 2.75) is 32.7 Å². The first-order chi connectivity index (χ1) is 14.5. The van der Waals surface area contributed by atoms with Gasteiger partial charge in [-0.3, -0.25) is 5.01 Å². The van der Waals surface area contributed by atoms with Crippen LogP contribution in [0.15, 0.2) is 59.3 Å². The van der Waals surface area contributed by atoms with Gasteiger partial charge in [0.05, 0.1) is 25.5 Å². The molecule has 30 heavy (non-hydrogen) atoms. The van der Waals surface area contributed by atoms with Gasteiger partial charge in [-0.05, 0) is 68.1 Å². The molecule has 156 valence electrons. The van der Waals surface area contributed by atoms with Gasteiger partial charge in [0.2, 0.25) is 0 Å². The lowest BCUT2D eigenvalue weighted by Crippen LogP contribution is -2.28. The fraction of sp³-hybridized carbons (Fsp3) is 0.333. The maximum atomic E-state index is 14.0. The maximum Gasteiger partial charge on any atom is 0.332 e. The Morgan fingerprint density at radius 3 is 2.87 bits per heavy atom. The van der Waals surface area contributed by atoms with Crippen molar-refractivity contribution in [3.63, 3.8) is 0 Å². The van der Waals surface area contributed by atoms with Gasteiger partial charge in [0.25, 0.3) is 0 Å². The van der Waals surface area contributed by atoms with E-state index in [1.807, 2.05) is 30.1 Å². The Bertz CT molecular complexity index is 1030. The maximum absolute atomic E-state index is 14.0. The zero-order chi connectivity index (χ0) is 21.3. The summed E-state index contributed by atoms with van der Waals surface area (Å²) < 4.78 is 24.5. The largest absolute Gasteiger partial charge is 0.497 e. The summed E-state index contributed by atoms with van der Waals surface area (Å²) in [6.45, 7) is 3.91. The zero-order valence-electron chi connectivity index (χ0n) is 17.4. The molecule has 1 heterocycles. The Hall–Kier alpha value is -3.15. The Kier molecular flexibility index (Phi) is 5.57. The molecule has 0 spiro atoms. The number of aryl methyl sites for hydroxylation is 1. The number of allylic oxidation sites excluding steroid dienone is 1. The van der Waals surface area contributed by atoms with E-state index in [4.69, 9.17) is 14.6 Å². The summed E-state index contributed by atoms with van der Waals surface area (Å²) in [5.41, 5.74) is 4.74. The number of rotatable bonds is 5. The highest BCUT2D eigenvalue weighted by Crippen LogP contribution is 2.45. The molecule has 0 saturated carbocycles. The van der Waals surface area contributed by atoms with Crippen molar-refractivity contribution in [3.05, 3.63) is 76.7 Å². The van der Waals surface area contributed by atoms with Gasteiger partial charge in [-0.2, -0.15) is 5.10 Å². The average molecular weight is 408 g/mol. The van der Waals surface area contributed by atoms with Crippen molar-refractivity contribution in [1.82, 2.24) is 5.01 Å². The molecule has 0 aromatic heterocycles. The van der Waals surface area contributed by atoms with E-state index in [0.29, 0.717) is 12.3 Å². The van der Waals surface area contributed by atoms with Gasteiger partial charge in [-0.25, -0.2) is 9.18 Å². The number of halogens is 1. The number of carbonyl (C=O) groups excluding carboxylic acids is 1. The number of benzene rings is 2. The summed E-state index contributed by atoms with van der Waals surface area (Å²) in [7, 11) is 1.66. The first-order valence-electron chi connectivity index (χ1n) is 10.2. The number of esters is 1. The highest BCUT2D eigenvalue weighted by Gasteiger charge is 2.42. The quantitative estimate of drug-likeness (QED) is 0.535. The third kappa shape index (κ3) is 3.70. The molecule has 0 N–H and O–H groups in total. The minimum absolute atomic E-state index is 0.0956. The molecule has 2 aromatic carbocycles. The fourth-order valence-electron chi connectivity index (χ4n) is 4.37. The van der Waals surface area contributed by atoms with Crippen LogP contribution in [0, 0.1) is 11.7 Å². The topological polar surface area (TPSA) is 51.1 Å². The first-order valence-corrected chi connectivity index (χ1v) is 10.2. The average Bonchev–Trinajstić information content (AvgIpc) is 3.13. The smallest absolute Gasteiger partial charge is 0.332 e. The van der Waals surface area contributed by atoms with E-state index in [2.05, 4.69) is 6.07 Å². The molecule has 0 bridgehead atoms. The highest BCUT2D eigenvalue weighted by atomic mass is 19.1. The number of carbonyl (C=O) groups is 1. The van der Waals surface area contributed by atoms with Crippen LogP contribution >= 0.6 is 0 Å². The Balaban J connectivity index is 1.78. The second-order valence-corrected chi connectivity index (χ2v) is 7.54. The monoisotopic (exact) mass is 408 g/mol. The summed E-state index contributed by atoms with van der Waals surface area (Å²) in [5.74, 6) is 0.225. The zero-order valence-corrected chi connectivity index (χ0v) is 17.4. The van der Waals surface area contributed by atoms with Crippen LogP contribution in [0.2, 0.25) is 0 Å². The lowest BCUT2D eigenvalue weighted by molar-refractivity contribution is -0.137. The predicted octanol–water partition coefficient (Wildman–Crippen LogP) is 4.62. The van der Waals surface area contributed by atoms with Crippen molar-refractivity contribution in [3.8, 4) is 5.75 Å². The number of fused-ring (bicyclic) bond motifs is 3. The number of nitrogens with zero attached hydrogens (tertiary/aromatic N) is 2. The van der Waals surface area contributed by atoms with Crippen LogP contribution in [0.4, 0.5) is 4.39 Å². The number of methoxy groups -OCH3 is 1. The van der Waals surface area contributed by atoms with Gasteiger partial charge < -0.3 is 9.47 Å². The van der Waals surface area contributed by atoms with Gasteiger partial charge in [0, 0.05) is 23.3 Å². The van der Waals surface area contributed by atoms with Gasteiger partial charge >= 0.3 is 5.97 Å². The van der Waals surface area contributed by atoms with E-state index in [1.165, 1.54) is 17.7 Å². The molecule has 0 amide bonds. The summed E-state index contributed by atoms with van der Waals surface area (Å²) in [6, 6.07) is 12.5. The molecule has 2 aromatic rings. The molecule has 0 unspecified atom stereocenters. The summed E-state index contributed by atoms with van der Waals surface area (Å²) >= 11 is 0. The third-order valence-corrected chi connectivity index (χ3v) is 5.69. The molecule has 2 aliphatic rings. The number of ether oxygens (including phenoxy) is 2. The molecule has 4 rings (SSSR count). The van der Waals surface area contributed by atoms with Gasteiger partial charge in [0.1, 0.15) is 11.6 Å². The van der Waals surface area contributed by atoms with Crippen LogP contribution in [-0.4, -0.2) is 30.4 Å². The molecule has 1 aliphatic heterocycles.